The average Bonchev–Trinajstić information content (AvgIpc) is 2.71. The van der Waals surface area contributed by atoms with Crippen LogP contribution in [-0.2, 0) is 11.8 Å². The third-order valence-electron chi connectivity index (χ3n) is 2.47. The van der Waals surface area contributed by atoms with E-state index in [9.17, 15) is 9.59 Å². The van der Waals surface area contributed by atoms with Crippen LogP contribution in [0.4, 0.5) is 0 Å². The number of hydrogen-bond acceptors (Lipinski definition) is 6. The third-order valence-corrected chi connectivity index (χ3v) is 2.47. The van der Waals surface area contributed by atoms with E-state index in [1.54, 1.807) is 7.05 Å². The summed E-state index contributed by atoms with van der Waals surface area (Å²) in [7, 11) is 1.65. The van der Waals surface area contributed by atoms with Crippen LogP contribution in [0.25, 0.3) is 11.0 Å². The van der Waals surface area contributed by atoms with Crippen LogP contribution in [0.2, 0.25) is 0 Å². The standard InChI is InChI=1S/C8H11N7O2/c1-4(7(16)11-9)15-8(17)5-3-10-14(2)6(5)12-13-15/h3-4H,9H2,1-2H3,(H,11,16). The van der Waals surface area contributed by atoms with Gasteiger partial charge in [0, 0.05) is 7.05 Å². The van der Waals surface area contributed by atoms with E-state index < -0.39 is 17.5 Å². The number of hydrogen-bond donors (Lipinski definition) is 2. The van der Waals surface area contributed by atoms with Gasteiger partial charge in [-0.3, -0.25) is 15.0 Å². The molecule has 2 rings (SSSR count). The second-order valence-corrected chi connectivity index (χ2v) is 3.53. The first kappa shape index (κ1) is 11.2. The number of fused-ring (bicyclic) bond motifs is 1. The van der Waals surface area contributed by atoms with Crippen LogP contribution in [0.15, 0.2) is 11.0 Å². The number of nitrogens with two attached hydrogens (primary N) is 1. The molecular weight excluding hydrogens is 226 g/mol. The van der Waals surface area contributed by atoms with Gasteiger partial charge in [-0.05, 0) is 6.92 Å². The zero-order valence-corrected chi connectivity index (χ0v) is 9.28. The molecule has 0 saturated heterocycles. The predicted molar refractivity (Wildman–Crippen MR) is 57.6 cm³/mol. The summed E-state index contributed by atoms with van der Waals surface area (Å²) >= 11 is 0. The molecule has 0 radical (unpaired) electrons. The SMILES string of the molecule is CC(C(=O)NN)n1nnc2c(cnn2C)c1=O. The highest BCUT2D eigenvalue weighted by Crippen LogP contribution is 2.05. The normalized spacial score (nSPS) is 12.6. The van der Waals surface area contributed by atoms with Crippen LogP contribution in [0.1, 0.15) is 13.0 Å². The van der Waals surface area contributed by atoms with Crippen LogP contribution in [-0.4, -0.2) is 30.7 Å². The van der Waals surface area contributed by atoms with Crippen molar-refractivity contribution in [2.75, 3.05) is 0 Å². The summed E-state index contributed by atoms with van der Waals surface area (Å²) in [6.07, 6.45) is 1.38. The molecule has 0 aliphatic carbocycles. The Bertz CT molecular complexity index is 628. The largest absolute Gasteiger partial charge is 0.292 e. The molecule has 3 N–H and O–H groups in total. The summed E-state index contributed by atoms with van der Waals surface area (Å²) in [5.41, 5.74) is 1.89. The Morgan fingerprint density at radius 1 is 1.59 bits per heavy atom. The van der Waals surface area contributed by atoms with E-state index in [1.165, 1.54) is 17.8 Å². The Morgan fingerprint density at radius 3 is 2.94 bits per heavy atom. The Hall–Kier alpha value is -2.29. The van der Waals surface area contributed by atoms with Gasteiger partial charge >= 0.3 is 0 Å². The lowest BCUT2D eigenvalue weighted by Gasteiger charge is -2.10. The topological polar surface area (TPSA) is 121 Å². The van der Waals surface area contributed by atoms with Crippen molar-refractivity contribution in [2.45, 2.75) is 13.0 Å². The number of aromatic nitrogens is 5. The zero-order chi connectivity index (χ0) is 12.6. The van der Waals surface area contributed by atoms with E-state index in [4.69, 9.17) is 5.84 Å². The molecular formula is C8H11N7O2. The van der Waals surface area contributed by atoms with Crippen LogP contribution < -0.4 is 16.8 Å². The van der Waals surface area contributed by atoms with Crippen molar-refractivity contribution in [3.8, 4) is 0 Å². The first-order chi connectivity index (χ1) is 8.06. The molecule has 1 amide bonds. The lowest BCUT2D eigenvalue weighted by molar-refractivity contribution is -0.124. The van der Waals surface area contributed by atoms with Crippen LogP contribution in [0, 0.1) is 0 Å². The number of rotatable bonds is 2. The highest BCUT2D eigenvalue weighted by molar-refractivity contribution is 5.79. The summed E-state index contributed by atoms with van der Waals surface area (Å²) in [5, 5.41) is 11.7. The van der Waals surface area contributed by atoms with E-state index >= 15 is 0 Å². The van der Waals surface area contributed by atoms with Crippen LogP contribution >= 0.6 is 0 Å². The fraction of sp³-hybridized carbons (Fsp3) is 0.375. The van der Waals surface area contributed by atoms with E-state index in [0.29, 0.717) is 11.0 Å². The zero-order valence-electron chi connectivity index (χ0n) is 9.28. The second kappa shape index (κ2) is 3.94. The van der Waals surface area contributed by atoms with Gasteiger partial charge in [-0.15, -0.1) is 5.10 Å². The quantitative estimate of drug-likeness (QED) is 0.356. The lowest BCUT2D eigenvalue weighted by Crippen LogP contribution is -2.40. The van der Waals surface area contributed by atoms with Crippen molar-refractivity contribution in [1.29, 1.82) is 0 Å². The minimum absolute atomic E-state index is 0.305. The van der Waals surface area contributed by atoms with Crippen LogP contribution in [0.5, 0.6) is 0 Å². The maximum atomic E-state index is 12.0. The highest BCUT2D eigenvalue weighted by atomic mass is 16.2. The van der Waals surface area contributed by atoms with Crippen molar-refractivity contribution >= 4 is 16.9 Å². The molecule has 2 aromatic heterocycles. The van der Waals surface area contributed by atoms with Gasteiger partial charge in [0.1, 0.15) is 11.4 Å². The summed E-state index contributed by atoms with van der Waals surface area (Å²) in [6.45, 7) is 1.50. The molecule has 1 unspecified atom stereocenters. The Kier molecular flexibility index (Phi) is 2.60. The first-order valence-corrected chi connectivity index (χ1v) is 4.84. The minimum atomic E-state index is -0.829. The van der Waals surface area contributed by atoms with E-state index in [0.717, 1.165) is 4.68 Å². The molecule has 0 bridgehead atoms. The Morgan fingerprint density at radius 2 is 2.29 bits per heavy atom. The Labute approximate surface area is 95.2 Å². The number of aryl methyl sites for hydroxylation is 1. The van der Waals surface area contributed by atoms with Crippen molar-refractivity contribution in [1.82, 2.24) is 30.2 Å². The van der Waals surface area contributed by atoms with E-state index in [2.05, 4.69) is 15.4 Å². The molecule has 9 nitrogen and oxygen atoms in total. The van der Waals surface area contributed by atoms with Crippen molar-refractivity contribution in [3.05, 3.63) is 16.6 Å². The summed E-state index contributed by atoms with van der Waals surface area (Å²) in [6, 6.07) is -0.829. The molecule has 2 heterocycles. The number of nitrogens with one attached hydrogen (secondary N) is 1. The van der Waals surface area contributed by atoms with Crippen molar-refractivity contribution in [3.63, 3.8) is 0 Å². The molecule has 2 aromatic rings. The third kappa shape index (κ3) is 1.65. The maximum Gasteiger partial charge on any atom is 0.281 e. The predicted octanol–water partition coefficient (Wildman–Crippen LogP) is -1.92. The van der Waals surface area contributed by atoms with Gasteiger partial charge in [-0.2, -0.15) is 9.78 Å². The molecule has 0 aliphatic heterocycles. The summed E-state index contributed by atoms with van der Waals surface area (Å²) in [5.74, 6) is 4.47. The fourth-order valence-electron chi connectivity index (χ4n) is 1.44. The highest BCUT2D eigenvalue weighted by Gasteiger charge is 2.19. The van der Waals surface area contributed by atoms with Gasteiger partial charge in [0.05, 0.1) is 6.20 Å². The molecule has 0 aromatic carbocycles. The number of carbonyl (C=O) groups excluding carboxylic acids is 1. The van der Waals surface area contributed by atoms with E-state index in [-0.39, 0.29) is 0 Å². The summed E-state index contributed by atoms with van der Waals surface area (Å²) in [4.78, 5) is 23.3. The maximum absolute atomic E-state index is 12.0. The first-order valence-electron chi connectivity index (χ1n) is 4.84. The number of amides is 1. The molecule has 0 spiro atoms. The summed E-state index contributed by atoms with van der Waals surface area (Å²) < 4.78 is 2.40. The fourth-order valence-corrected chi connectivity index (χ4v) is 1.44. The van der Waals surface area contributed by atoms with E-state index in [1.807, 2.05) is 5.43 Å². The minimum Gasteiger partial charge on any atom is -0.292 e. The molecule has 90 valence electrons. The molecule has 9 heteroatoms. The molecule has 0 saturated carbocycles. The Balaban J connectivity index is 2.61. The van der Waals surface area contributed by atoms with Gasteiger partial charge in [0.15, 0.2) is 5.65 Å². The van der Waals surface area contributed by atoms with Crippen molar-refractivity contribution < 1.29 is 4.79 Å². The molecule has 0 fully saturated rings. The van der Waals surface area contributed by atoms with Gasteiger partial charge in [-0.25, -0.2) is 10.5 Å². The van der Waals surface area contributed by atoms with Gasteiger partial charge in [0.25, 0.3) is 11.5 Å². The molecule has 1 atom stereocenters. The van der Waals surface area contributed by atoms with Crippen LogP contribution in [0.3, 0.4) is 0 Å². The van der Waals surface area contributed by atoms with Gasteiger partial charge in [0.2, 0.25) is 0 Å². The monoisotopic (exact) mass is 237 g/mol. The molecule has 0 aliphatic rings. The number of carbonyl (C=O) groups is 1. The smallest absolute Gasteiger partial charge is 0.281 e. The van der Waals surface area contributed by atoms with Gasteiger partial charge < -0.3 is 0 Å². The number of hydrazine groups is 1. The second-order valence-electron chi connectivity index (χ2n) is 3.53. The van der Waals surface area contributed by atoms with Gasteiger partial charge in [-0.1, -0.05) is 5.21 Å². The van der Waals surface area contributed by atoms with Crippen molar-refractivity contribution in [2.24, 2.45) is 12.9 Å². The average molecular weight is 237 g/mol. The lowest BCUT2D eigenvalue weighted by atomic mass is 10.3. The number of nitrogens with zero attached hydrogens (tertiary/aromatic N) is 5. The molecule has 17 heavy (non-hydrogen) atoms.